The lowest BCUT2D eigenvalue weighted by molar-refractivity contribution is -0.139. The number of rotatable bonds is 11. The molecule has 0 bridgehead atoms. The third-order valence-corrected chi connectivity index (χ3v) is 7.41. The highest BCUT2D eigenvalue weighted by Gasteiger charge is 2.30. The van der Waals surface area contributed by atoms with E-state index in [1.807, 2.05) is 31.2 Å². The summed E-state index contributed by atoms with van der Waals surface area (Å²) in [6.07, 6.45) is 4.68. The van der Waals surface area contributed by atoms with Gasteiger partial charge in [0.25, 0.3) is 0 Å². The van der Waals surface area contributed by atoms with E-state index in [1.54, 1.807) is 24.1 Å². The minimum atomic E-state index is -0.586. The number of benzene rings is 2. The Hall–Kier alpha value is -2.25. The normalized spacial score (nSPS) is 14.6. The van der Waals surface area contributed by atoms with E-state index in [9.17, 15) is 14.0 Å². The van der Waals surface area contributed by atoms with E-state index in [0.717, 1.165) is 31.2 Å². The predicted octanol–water partition coefficient (Wildman–Crippen LogP) is 5.59. The maximum atomic E-state index is 14.1. The van der Waals surface area contributed by atoms with Crippen molar-refractivity contribution in [3.05, 3.63) is 64.4 Å². The van der Waals surface area contributed by atoms with E-state index in [2.05, 4.69) is 5.32 Å². The van der Waals surface area contributed by atoms with Crippen molar-refractivity contribution in [3.63, 3.8) is 0 Å². The number of hydrogen-bond donors (Lipinski definition) is 1. The van der Waals surface area contributed by atoms with Crippen LogP contribution in [0.3, 0.4) is 0 Å². The number of amides is 2. The monoisotopic (exact) mass is 506 g/mol. The van der Waals surface area contributed by atoms with E-state index in [1.165, 1.54) is 17.8 Å². The number of carbonyl (C=O) groups is 2. The van der Waals surface area contributed by atoms with E-state index >= 15 is 0 Å². The lowest BCUT2D eigenvalue weighted by atomic mass is 10.1. The lowest BCUT2D eigenvalue weighted by Gasteiger charge is -2.31. The average molecular weight is 507 g/mol. The van der Waals surface area contributed by atoms with Crippen molar-refractivity contribution in [1.29, 1.82) is 0 Å². The Morgan fingerprint density at radius 2 is 1.97 bits per heavy atom. The van der Waals surface area contributed by atoms with Gasteiger partial charge in [0.1, 0.15) is 17.6 Å². The molecule has 2 amide bonds. The molecular formula is C26H32ClFN2O3S. The average Bonchev–Trinajstić information content (AvgIpc) is 3.34. The van der Waals surface area contributed by atoms with Gasteiger partial charge >= 0.3 is 0 Å². The Morgan fingerprint density at radius 3 is 2.65 bits per heavy atom. The largest absolute Gasteiger partial charge is 0.497 e. The summed E-state index contributed by atoms with van der Waals surface area (Å²) in [5.74, 6) is 0.401. The van der Waals surface area contributed by atoms with Gasteiger partial charge in [-0.1, -0.05) is 49.6 Å². The van der Waals surface area contributed by atoms with Crippen molar-refractivity contribution in [2.75, 3.05) is 12.9 Å². The summed E-state index contributed by atoms with van der Waals surface area (Å²) in [5.41, 5.74) is 1.26. The van der Waals surface area contributed by atoms with E-state index in [-0.39, 0.29) is 41.7 Å². The van der Waals surface area contributed by atoms with Crippen LogP contribution in [0.2, 0.25) is 5.02 Å². The van der Waals surface area contributed by atoms with Crippen LogP contribution in [0.25, 0.3) is 0 Å². The van der Waals surface area contributed by atoms with Crippen molar-refractivity contribution in [3.8, 4) is 5.75 Å². The molecule has 1 N–H and O–H groups in total. The molecule has 2 aromatic rings. The van der Waals surface area contributed by atoms with Gasteiger partial charge in [0, 0.05) is 28.9 Å². The zero-order valence-electron chi connectivity index (χ0n) is 19.7. The highest BCUT2D eigenvalue weighted by molar-refractivity contribution is 7.99. The van der Waals surface area contributed by atoms with Crippen LogP contribution in [0.5, 0.6) is 5.75 Å². The highest BCUT2D eigenvalue weighted by Crippen LogP contribution is 2.25. The van der Waals surface area contributed by atoms with Gasteiger partial charge in [0.2, 0.25) is 11.8 Å². The first kappa shape index (κ1) is 26.4. The minimum absolute atomic E-state index is 0.113. The van der Waals surface area contributed by atoms with Crippen LogP contribution < -0.4 is 10.1 Å². The van der Waals surface area contributed by atoms with Crippen molar-refractivity contribution >= 4 is 35.2 Å². The molecule has 0 radical (unpaired) electrons. The molecule has 0 saturated heterocycles. The second kappa shape index (κ2) is 13.0. The molecular weight excluding hydrogens is 475 g/mol. The van der Waals surface area contributed by atoms with E-state index in [0.29, 0.717) is 22.8 Å². The molecule has 1 aliphatic carbocycles. The summed E-state index contributed by atoms with van der Waals surface area (Å²) in [7, 11) is 1.59. The fourth-order valence-electron chi connectivity index (χ4n) is 4.25. The summed E-state index contributed by atoms with van der Waals surface area (Å²) < 4.78 is 19.4. The van der Waals surface area contributed by atoms with Gasteiger partial charge in [-0.15, -0.1) is 11.8 Å². The smallest absolute Gasteiger partial charge is 0.243 e. The van der Waals surface area contributed by atoms with E-state index in [4.69, 9.17) is 16.3 Å². The molecule has 8 heteroatoms. The Kier molecular flexibility index (Phi) is 10.1. The van der Waals surface area contributed by atoms with Gasteiger partial charge in [-0.05, 0) is 49.1 Å². The maximum Gasteiger partial charge on any atom is 0.243 e. The molecule has 0 spiro atoms. The third kappa shape index (κ3) is 7.12. The molecule has 0 unspecified atom stereocenters. The fourth-order valence-corrected chi connectivity index (χ4v) is 5.50. The number of carbonyl (C=O) groups excluding carboxylic acids is 2. The topological polar surface area (TPSA) is 58.6 Å². The van der Waals surface area contributed by atoms with Crippen LogP contribution in [0, 0.1) is 5.82 Å². The molecule has 0 heterocycles. The first-order chi connectivity index (χ1) is 16.4. The van der Waals surface area contributed by atoms with Gasteiger partial charge in [0.05, 0.1) is 12.9 Å². The molecule has 1 saturated carbocycles. The number of ether oxygens (including phenoxy) is 1. The lowest BCUT2D eigenvalue weighted by Crippen LogP contribution is -2.51. The highest BCUT2D eigenvalue weighted by atomic mass is 35.5. The number of nitrogens with one attached hydrogen (secondary N) is 1. The molecule has 1 aliphatic rings. The van der Waals surface area contributed by atoms with E-state index < -0.39 is 6.04 Å². The predicted molar refractivity (Wildman–Crippen MR) is 136 cm³/mol. The SMILES string of the molecule is CC[C@@H](C(=O)NC1CCCC1)N(Cc1cccc(OC)c1)C(=O)CSCc1c(F)cccc1Cl. The van der Waals surface area contributed by atoms with Gasteiger partial charge in [-0.3, -0.25) is 9.59 Å². The summed E-state index contributed by atoms with van der Waals surface area (Å²) in [4.78, 5) is 28.2. The molecule has 34 heavy (non-hydrogen) atoms. The van der Waals surface area contributed by atoms with Crippen LogP contribution in [0.1, 0.15) is 50.2 Å². The zero-order valence-corrected chi connectivity index (χ0v) is 21.3. The molecule has 0 aromatic heterocycles. The summed E-state index contributed by atoms with van der Waals surface area (Å²) in [6, 6.07) is 11.6. The fraction of sp³-hybridized carbons (Fsp3) is 0.462. The number of halogens is 2. The molecule has 1 fully saturated rings. The first-order valence-electron chi connectivity index (χ1n) is 11.7. The zero-order chi connectivity index (χ0) is 24.5. The van der Waals surface area contributed by atoms with Crippen LogP contribution in [0.4, 0.5) is 4.39 Å². The third-order valence-electron chi connectivity index (χ3n) is 6.11. The molecule has 2 aromatic carbocycles. The second-order valence-corrected chi connectivity index (χ2v) is 9.87. The summed E-state index contributed by atoms with van der Waals surface area (Å²) >= 11 is 7.42. The minimum Gasteiger partial charge on any atom is -0.497 e. The number of nitrogens with zero attached hydrogens (tertiary/aromatic N) is 1. The van der Waals surface area contributed by atoms with Gasteiger partial charge in [-0.2, -0.15) is 0 Å². The quantitative estimate of drug-likeness (QED) is 0.432. The molecule has 0 aliphatic heterocycles. The maximum absolute atomic E-state index is 14.1. The van der Waals surface area contributed by atoms with Gasteiger partial charge in [-0.25, -0.2) is 4.39 Å². The van der Waals surface area contributed by atoms with Crippen LogP contribution >= 0.6 is 23.4 Å². The second-order valence-electron chi connectivity index (χ2n) is 8.48. The molecule has 184 valence electrons. The molecule has 1 atom stereocenters. The van der Waals surface area contributed by atoms with Crippen LogP contribution in [-0.2, 0) is 21.9 Å². The first-order valence-corrected chi connectivity index (χ1v) is 13.2. The van der Waals surface area contributed by atoms with Crippen molar-refractivity contribution < 1.29 is 18.7 Å². The Balaban J connectivity index is 1.74. The van der Waals surface area contributed by atoms with Gasteiger partial charge in [0.15, 0.2) is 0 Å². The Morgan fingerprint density at radius 1 is 1.24 bits per heavy atom. The van der Waals surface area contributed by atoms with Crippen LogP contribution in [0.15, 0.2) is 42.5 Å². The van der Waals surface area contributed by atoms with Crippen LogP contribution in [-0.4, -0.2) is 41.7 Å². The number of hydrogen-bond acceptors (Lipinski definition) is 4. The van der Waals surface area contributed by atoms with Crippen molar-refractivity contribution in [2.45, 2.75) is 63.4 Å². The number of thioether (sulfide) groups is 1. The Labute approximate surface area is 210 Å². The van der Waals surface area contributed by atoms with Crippen molar-refractivity contribution in [2.24, 2.45) is 0 Å². The standard InChI is InChI=1S/C26H32ClFN2O3S/c1-3-24(26(32)29-19-9-4-5-10-19)30(15-18-8-6-11-20(14-18)33-2)25(31)17-34-16-21-22(27)12-7-13-23(21)28/h6-8,11-14,19,24H,3-5,9-10,15-17H2,1-2H3,(H,29,32)/t24-/m0/s1. The van der Waals surface area contributed by atoms with Crippen molar-refractivity contribution in [1.82, 2.24) is 10.2 Å². The summed E-state index contributed by atoms with van der Waals surface area (Å²) in [6.45, 7) is 2.20. The summed E-state index contributed by atoms with van der Waals surface area (Å²) in [5, 5.41) is 3.48. The van der Waals surface area contributed by atoms with Gasteiger partial charge < -0.3 is 15.0 Å². The molecule has 5 nitrogen and oxygen atoms in total. The molecule has 3 rings (SSSR count). The Bertz CT molecular complexity index is 964. The number of methoxy groups -OCH3 is 1.